The molecular weight excluding hydrogens is 378 g/mol. The molecule has 0 spiro atoms. The van der Waals surface area contributed by atoms with Crippen molar-refractivity contribution in [3.05, 3.63) is 74.7 Å². The first kappa shape index (κ1) is 18.8. The van der Waals surface area contributed by atoms with Gasteiger partial charge in [0.25, 0.3) is 11.5 Å². The predicted octanol–water partition coefficient (Wildman–Crippen LogP) is 2.68. The fourth-order valence-corrected chi connectivity index (χ4v) is 4.97. The Bertz CT molecular complexity index is 1190. The first-order valence-corrected chi connectivity index (χ1v) is 10.4. The summed E-state index contributed by atoms with van der Waals surface area (Å²) in [5.74, 6) is 1.19. The van der Waals surface area contributed by atoms with Crippen LogP contribution in [0.2, 0.25) is 0 Å². The van der Waals surface area contributed by atoms with Crippen molar-refractivity contribution in [2.24, 2.45) is 5.92 Å². The molecule has 1 aliphatic heterocycles. The van der Waals surface area contributed by atoms with Gasteiger partial charge in [-0.2, -0.15) is 5.10 Å². The number of nitrogens with zero attached hydrogens (tertiary/aromatic N) is 4. The third kappa shape index (κ3) is 3.05. The highest BCUT2D eigenvalue weighted by Gasteiger charge is 2.41. The largest absolute Gasteiger partial charge is 0.338 e. The molecule has 0 unspecified atom stereocenters. The van der Waals surface area contributed by atoms with Gasteiger partial charge in [-0.05, 0) is 69.9 Å². The Balaban J connectivity index is 1.38. The number of likely N-dealkylation sites (tertiary alicyclic amines) is 1. The van der Waals surface area contributed by atoms with Crippen LogP contribution in [-0.4, -0.2) is 43.6 Å². The molecule has 1 fully saturated rings. The van der Waals surface area contributed by atoms with Crippen LogP contribution in [0.1, 0.15) is 51.2 Å². The number of hydrogen-bond acceptors (Lipinski definition) is 4. The molecule has 5 rings (SSSR count). The van der Waals surface area contributed by atoms with Gasteiger partial charge >= 0.3 is 0 Å². The Morgan fingerprint density at radius 3 is 2.60 bits per heavy atom. The van der Waals surface area contributed by atoms with E-state index in [1.54, 1.807) is 0 Å². The third-order valence-corrected chi connectivity index (χ3v) is 6.38. The lowest BCUT2D eigenvalue weighted by Crippen LogP contribution is -2.29. The molecule has 1 aliphatic carbocycles. The quantitative estimate of drug-likeness (QED) is 0.713. The monoisotopic (exact) mass is 403 g/mol. The van der Waals surface area contributed by atoms with Gasteiger partial charge < -0.3 is 9.88 Å². The molecule has 154 valence electrons. The molecule has 0 radical (unpaired) electrons. The zero-order chi connectivity index (χ0) is 21.0. The van der Waals surface area contributed by atoms with E-state index in [0.29, 0.717) is 23.9 Å². The molecule has 0 bridgehead atoms. The summed E-state index contributed by atoms with van der Waals surface area (Å²) in [4.78, 5) is 34.8. The van der Waals surface area contributed by atoms with Crippen LogP contribution in [0.3, 0.4) is 0 Å². The standard InChI is InChI=1S/C23H25N5O2/c1-13-10-14(2)28(26-13)18-7-4-16(5-8-18)23(30)27-11-17-6-9-19-21(20(17)12-27)24-15(3)25-22(19)29/h4-5,7-8,10,17,20H,6,9,11-12H2,1-3H3,(H,24,25,29)/t17-,20+/m1/s1. The number of aryl methyl sites for hydroxylation is 3. The van der Waals surface area contributed by atoms with E-state index in [9.17, 15) is 9.59 Å². The number of fused-ring (bicyclic) bond motifs is 3. The van der Waals surface area contributed by atoms with Crippen molar-refractivity contribution in [1.29, 1.82) is 0 Å². The summed E-state index contributed by atoms with van der Waals surface area (Å²) >= 11 is 0. The number of nitrogens with one attached hydrogen (secondary N) is 1. The van der Waals surface area contributed by atoms with E-state index >= 15 is 0 Å². The van der Waals surface area contributed by atoms with Crippen LogP contribution >= 0.6 is 0 Å². The Morgan fingerprint density at radius 1 is 1.13 bits per heavy atom. The molecule has 1 aromatic carbocycles. The topological polar surface area (TPSA) is 83.9 Å². The van der Waals surface area contributed by atoms with E-state index in [-0.39, 0.29) is 17.4 Å². The van der Waals surface area contributed by atoms with Crippen molar-refractivity contribution in [2.45, 2.75) is 39.5 Å². The number of carbonyl (C=O) groups excluding carboxylic acids is 1. The van der Waals surface area contributed by atoms with Gasteiger partial charge in [0, 0.05) is 35.8 Å². The van der Waals surface area contributed by atoms with Crippen molar-refractivity contribution in [1.82, 2.24) is 24.6 Å². The second-order valence-electron chi connectivity index (χ2n) is 8.52. The van der Waals surface area contributed by atoms with Gasteiger partial charge in [0.15, 0.2) is 0 Å². The van der Waals surface area contributed by atoms with E-state index in [0.717, 1.165) is 47.7 Å². The molecule has 1 amide bonds. The molecule has 1 N–H and O–H groups in total. The zero-order valence-electron chi connectivity index (χ0n) is 17.5. The van der Waals surface area contributed by atoms with E-state index in [2.05, 4.69) is 15.1 Å². The van der Waals surface area contributed by atoms with E-state index in [4.69, 9.17) is 0 Å². The van der Waals surface area contributed by atoms with Gasteiger partial charge in [-0.1, -0.05) is 0 Å². The second kappa shape index (κ2) is 6.93. The minimum absolute atomic E-state index is 0.0273. The Labute approximate surface area is 174 Å². The van der Waals surface area contributed by atoms with Crippen LogP contribution in [0.5, 0.6) is 0 Å². The predicted molar refractivity (Wildman–Crippen MR) is 113 cm³/mol. The molecule has 1 saturated heterocycles. The normalized spacial score (nSPS) is 20.2. The summed E-state index contributed by atoms with van der Waals surface area (Å²) < 4.78 is 1.89. The lowest BCUT2D eigenvalue weighted by atomic mass is 9.80. The smallest absolute Gasteiger partial charge is 0.254 e. The second-order valence-corrected chi connectivity index (χ2v) is 8.52. The summed E-state index contributed by atoms with van der Waals surface area (Å²) in [5, 5.41) is 4.50. The number of carbonyl (C=O) groups is 1. The number of rotatable bonds is 2. The van der Waals surface area contributed by atoms with Gasteiger partial charge in [0.2, 0.25) is 0 Å². The maximum atomic E-state index is 13.2. The number of aromatic nitrogens is 4. The average molecular weight is 403 g/mol. The molecule has 3 heterocycles. The number of aromatic amines is 1. The Hall–Kier alpha value is -3.22. The third-order valence-electron chi connectivity index (χ3n) is 6.38. The van der Waals surface area contributed by atoms with Crippen molar-refractivity contribution in [2.75, 3.05) is 13.1 Å². The number of hydrogen-bond donors (Lipinski definition) is 1. The highest BCUT2D eigenvalue weighted by Crippen LogP contribution is 2.39. The highest BCUT2D eigenvalue weighted by molar-refractivity contribution is 5.94. The first-order chi connectivity index (χ1) is 14.4. The Morgan fingerprint density at radius 2 is 1.90 bits per heavy atom. The number of benzene rings is 1. The van der Waals surface area contributed by atoms with E-state index in [1.807, 2.05) is 60.7 Å². The van der Waals surface area contributed by atoms with Gasteiger partial charge in [0.05, 0.1) is 17.1 Å². The number of H-pyrrole nitrogens is 1. The SMILES string of the molecule is Cc1cc(C)n(-c2ccc(C(=O)N3C[C@H]4CCc5c(nc(C)[nH]c5=O)[C@H]4C3)cc2)n1. The molecule has 7 nitrogen and oxygen atoms in total. The molecular formula is C23H25N5O2. The van der Waals surface area contributed by atoms with Gasteiger partial charge in [-0.15, -0.1) is 0 Å². The van der Waals surface area contributed by atoms with Crippen LogP contribution in [-0.2, 0) is 6.42 Å². The van der Waals surface area contributed by atoms with Crippen molar-refractivity contribution in [3.8, 4) is 5.69 Å². The average Bonchev–Trinajstić information content (AvgIpc) is 3.30. The van der Waals surface area contributed by atoms with Crippen molar-refractivity contribution in [3.63, 3.8) is 0 Å². The van der Waals surface area contributed by atoms with Crippen LogP contribution in [0.15, 0.2) is 35.1 Å². The molecule has 7 heteroatoms. The molecule has 3 aromatic rings. The van der Waals surface area contributed by atoms with Crippen LogP contribution in [0, 0.1) is 26.7 Å². The Kier molecular flexibility index (Phi) is 4.34. The van der Waals surface area contributed by atoms with Gasteiger partial charge in [-0.25, -0.2) is 9.67 Å². The summed E-state index contributed by atoms with van der Waals surface area (Å²) in [6.07, 6.45) is 1.66. The van der Waals surface area contributed by atoms with E-state index < -0.39 is 0 Å². The fraction of sp³-hybridized carbons (Fsp3) is 0.391. The lowest BCUT2D eigenvalue weighted by Gasteiger charge is -2.25. The summed E-state index contributed by atoms with van der Waals surface area (Å²) in [5.41, 5.74) is 5.31. The molecule has 30 heavy (non-hydrogen) atoms. The fourth-order valence-electron chi connectivity index (χ4n) is 4.97. The minimum Gasteiger partial charge on any atom is -0.338 e. The number of amides is 1. The zero-order valence-corrected chi connectivity index (χ0v) is 17.5. The molecule has 0 saturated carbocycles. The van der Waals surface area contributed by atoms with Gasteiger partial charge in [-0.3, -0.25) is 9.59 Å². The lowest BCUT2D eigenvalue weighted by molar-refractivity contribution is 0.0786. The van der Waals surface area contributed by atoms with Crippen molar-refractivity contribution < 1.29 is 4.79 Å². The minimum atomic E-state index is -0.0273. The maximum Gasteiger partial charge on any atom is 0.254 e. The molecule has 2 atom stereocenters. The highest BCUT2D eigenvalue weighted by atomic mass is 16.2. The van der Waals surface area contributed by atoms with E-state index in [1.165, 1.54) is 0 Å². The maximum absolute atomic E-state index is 13.2. The van der Waals surface area contributed by atoms with Gasteiger partial charge in [0.1, 0.15) is 5.82 Å². The van der Waals surface area contributed by atoms with Crippen LogP contribution < -0.4 is 5.56 Å². The molecule has 2 aromatic heterocycles. The first-order valence-electron chi connectivity index (χ1n) is 10.4. The molecule has 2 aliphatic rings. The summed E-state index contributed by atoms with van der Waals surface area (Å²) in [7, 11) is 0. The van der Waals surface area contributed by atoms with Crippen LogP contribution in [0.4, 0.5) is 0 Å². The summed E-state index contributed by atoms with van der Waals surface area (Å²) in [6.45, 7) is 7.13. The summed E-state index contributed by atoms with van der Waals surface area (Å²) in [6, 6.07) is 9.66. The van der Waals surface area contributed by atoms with Crippen molar-refractivity contribution >= 4 is 5.91 Å². The van der Waals surface area contributed by atoms with Crippen LogP contribution in [0.25, 0.3) is 5.69 Å².